The van der Waals surface area contributed by atoms with Crippen molar-refractivity contribution in [2.24, 2.45) is 0 Å². The van der Waals surface area contributed by atoms with Crippen LogP contribution in [0.4, 0.5) is 10.1 Å². The second-order valence-corrected chi connectivity index (χ2v) is 8.90. The van der Waals surface area contributed by atoms with Crippen molar-refractivity contribution in [2.45, 2.75) is 51.6 Å². The molecule has 2 fully saturated rings. The number of anilines is 1. The highest BCUT2D eigenvalue weighted by molar-refractivity contribution is 7.80. The molecule has 0 unspecified atom stereocenters. The molecule has 2 aliphatic heterocycles. The zero-order valence-corrected chi connectivity index (χ0v) is 17.9. The van der Waals surface area contributed by atoms with Crippen LogP contribution < -0.4 is 10.2 Å². The molecule has 1 aromatic carbocycles. The smallest absolute Gasteiger partial charge is 0.222 e. The topological polar surface area (TPSA) is 38.8 Å². The molecule has 1 atom stereocenters. The van der Waals surface area contributed by atoms with Crippen molar-refractivity contribution in [3.8, 4) is 0 Å². The molecule has 5 nitrogen and oxygen atoms in total. The van der Waals surface area contributed by atoms with Gasteiger partial charge in [0.15, 0.2) is 5.11 Å². The number of nitrogens with one attached hydrogen (secondary N) is 1. The van der Waals surface area contributed by atoms with Gasteiger partial charge < -0.3 is 20.0 Å². The summed E-state index contributed by atoms with van der Waals surface area (Å²) in [6.07, 6.45) is 2.39. The lowest BCUT2D eigenvalue weighted by Crippen LogP contribution is -2.60. The number of carbonyl (C=O) groups is 1. The van der Waals surface area contributed by atoms with Crippen molar-refractivity contribution in [1.29, 1.82) is 0 Å². The van der Waals surface area contributed by atoms with Gasteiger partial charge in [0.2, 0.25) is 5.91 Å². The second kappa shape index (κ2) is 8.64. The van der Waals surface area contributed by atoms with Crippen LogP contribution in [0.1, 0.15) is 40.0 Å². The Morgan fingerprint density at radius 2 is 1.86 bits per heavy atom. The molecule has 3 rings (SSSR count). The first kappa shape index (κ1) is 20.8. The maximum absolute atomic E-state index is 13.1. The summed E-state index contributed by atoms with van der Waals surface area (Å²) in [6, 6.07) is 6.94. The molecule has 1 amide bonds. The normalized spacial score (nSPS) is 22.2. The predicted octanol–water partition coefficient (Wildman–Crippen LogP) is 3.00. The van der Waals surface area contributed by atoms with Crippen LogP contribution in [0.5, 0.6) is 0 Å². The lowest BCUT2D eigenvalue weighted by molar-refractivity contribution is -0.131. The lowest BCUT2D eigenvalue weighted by atomic mass is 9.93. The number of nitrogens with zero attached hydrogens (tertiary/aromatic N) is 3. The van der Waals surface area contributed by atoms with Crippen LogP contribution in [0, 0.1) is 5.82 Å². The minimum Gasteiger partial charge on any atom is -0.368 e. The largest absolute Gasteiger partial charge is 0.368 e. The van der Waals surface area contributed by atoms with Gasteiger partial charge in [-0.15, -0.1) is 0 Å². The lowest BCUT2D eigenvalue weighted by Gasteiger charge is -2.45. The molecule has 7 heteroatoms. The number of halogens is 1. The third-order valence-electron chi connectivity index (χ3n) is 5.66. The summed E-state index contributed by atoms with van der Waals surface area (Å²) in [7, 11) is 0. The van der Waals surface area contributed by atoms with E-state index >= 15 is 0 Å². The monoisotopic (exact) mass is 406 g/mol. The molecule has 2 aliphatic rings. The van der Waals surface area contributed by atoms with E-state index in [-0.39, 0.29) is 17.3 Å². The zero-order valence-electron chi connectivity index (χ0n) is 17.1. The van der Waals surface area contributed by atoms with Gasteiger partial charge in [-0.05, 0) is 70.1 Å². The van der Waals surface area contributed by atoms with E-state index in [0.717, 1.165) is 43.3 Å². The molecule has 2 heterocycles. The van der Waals surface area contributed by atoms with E-state index in [2.05, 4.69) is 35.9 Å². The van der Waals surface area contributed by atoms with Gasteiger partial charge in [-0.1, -0.05) is 0 Å². The Morgan fingerprint density at radius 1 is 1.21 bits per heavy atom. The van der Waals surface area contributed by atoms with Crippen LogP contribution in [-0.2, 0) is 4.79 Å². The van der Waals surface area contributed by atoms with E-state index in [9.17, 15) is 9.18 Å². The van der Waals surface area contributed by atoms with E-state index in [4.69, 9.17) is 12.2 Å². The fraction of sp³-hybridized carbons (Fsp3) is 0.619. The summed E-state index contributed by atoms with van der Waals surface area (Å²) < 4.78 is 13.1. The molecule has 0 aromatic heterocycles. The molecule has 28 heavy (non-hydrogen) atoms. The fourth-order valence-corrected chi connectivity index (χ4v) is 4.76. The Kier molecular flexibility index (Phi) is 6.43. The van der Waals surface area contributed by atoms with Gasteiger partial charge in [-0.2, -0.15) is 0 Å². The van der Waals surface area contributed by atoms with E-state index in [1.165, 1.54) is 12.1 Å². The SMILES string of the molecule is C[C@H]1CC(C)(C)NC(=S)N1CCCC(=O)N1CCN(c2ccc(F)cc2)CC1. The van der Waals surface area contributed by atoms with Crippen LogP contribution in [0.3, 0.4) is 0 Å². The van der Waals surface area contributed by atoms with E-state index in [1.54, 1.807) is 12.1 Å². The highest BCUT2D eigenvalue weighted by Crippen LogP contribution is 2.22. The van der Waals surface area contributed by atoms with E-state index in [1.807, 2.05) is 4.90 Å². The summed E-state index contributed by atoms with van der Waals surface area (Å²) in [5, 5.41) is 4.19. The molecule has 0 radical (unpaired) electrons. The molecule has 0 aliphatic carbocycles. The Balaban J connectivity index is 1.41. The maximum atomic E-state index is 13.1. The Bertz CT molecular complexity index is 701. The van der Waals surface area contributed by atoms with Crippen LogP contribution in [0.25, 0.3) is 0 Å². The van der Waals surface area contributed by atoms with Gasteiger partial charge in [0, 0.05) is 56.4 Å². The molecule has 1 N–H and O–H groups in total. The summed E-state index contributed by atoms with van der Waals surface area (Å²) in [4.78, 5) is 18.9. The quantitative estimate of drug-likeness (QED) is 0.761. The first-order valence-electron chi connectivity index (χ1n) is 10.1. The number of benzene rings is 1. The van der Waals surface area contributed by atoms with Gasteiger partial charge in [0.05, 0.1) is 0 Å². The van der Waals surface area contributed by atoms with Crippen molar-refractivity contribution >= 4 is 28.9 Å². The minimum atomic E-state index is -0.223. The maximum Gasteiger partial charge on any atom is 0.222 e. The molecular formula is C21H31FN4OS. The predicted molar refractivity (Wildman–Crippen MR) is 115 cm³/mol. The fourth-order valence-electron chi connectivity index (χ4n) is 4.21. The molecule has 2 saturated heterocycles. The molecule has 1 aromatic rings. The van der Waals surface area contributed by atoms with Crippen molar-refractivity contribution in [1.82, 2.24) is 15.1 Å². The van der Waals surface area contributed by atoms with Crippen LogP contribution in [0.2, 0.25) is 0 Å². The Morgan fingerprint density at radius 3 is 2.46 bits per heavy atom. The number of carbonyl (C=O) groups excluding carboxylic acids is 1. The number of piperazine rings is 1. The summed E-state index contributed by atoms with van der Waals surface area (Å²) >= 11 is 5.52. The summed E-state index contributed by atoms with van der Waals surface area (Å²) in [5.41, 5.74) is 1.05. The van der Waals surface area contributed by atoms with Gasteiger partial charge in [-0.3, -0.25) is 4.79 Å². The first-order valence-corrected chi connectivity index (χ1v) is 10.5. The van der Waals surface area contributed by atoms with Crippen molar-refractivity contribution in [2.75, 3.05) is 37.6 Å². The molecule has 0 bridgehead atoms. The number of hydrogen-bond acceptors (Lipinski definition) is 3. The Labute approximate surface area is 172 Å². The first-order chi connectivity index (χ1) is 13.2. The van der Waals surface area contributed by atoms with Crippen LogP contribution >= 0.6 is 12.2 Å². The third-order valence-corrected chi connectivity index (χ3v) is 5.99. The second-order valence-electron chi connectivity index (χ2n) is 8.51. The van der Waals surface area contributed by atoms with E-state index in [0.29, 0.717) is 25.6 Å². The summed E-state index contributed by atoms with van der Waals surface area (Å²) in [6.45, 7) is 10.3. The third kappa shape index (κ3) is 5.13. The minimum absolute atomic E-state index is 0.0347. The highest BCUT2D eigenvalue weighted by Gasteiger charge is 2.32. The molecule has 154 valence electrons. The van der Waals surface area contributed by atoms with Gasteiger partial charge in [0.1, 0.15) is 5.82 Å². The molecular weight excluding hydrogens is 375 g/mol. The number of amides is 1. The number of hydrogen-bond donors (Lipinski definition) is 1. The zero-order chi connectivity index (χ0) is 20.3. The molecule has 0 spiro atoms. The number of thiocarbonyl (C=S) groups is 1. The molecule has 0 saturated carbocycles. The van der Waals surface area contributed by atoms with Crippen molar-refractivity contribution in [3.05, 3.63) is 30.1 Å². The standard InChI is InChI=1S/C21H31FN4OS/c1-16-15-21(2,3)23-20(28)26(16)10-4-5-19(27)25-13-11-24(12-14-25)18-8-6-17(22)7-9-18/h6-9,16H,4-5,10-15H2,1-3H3,(H,23,28)/t16-/m0/s1. The Hall–Kier alpha value is -1.89. The van der Waals surface area contributed by atoms with Gasteiger partial charge >= 0.3 is 0 Å². The van der Waals surface area contributed by atoms with Crippen molar-refractivity contribution < 1.29 is 9.18 Å². The van der Waals surface area contributed by atoms with Crippen LogP contribution in [0.15, 0.2) is 24.3 Å². The number of rotatable bonds is 5. The van der Waals surface area contributed by atoms with E-state index < -0.39 is 0 Å². The van der Waals surface area contributed by atoms with Crippen molar-refractivity contribution in [3.63, 3.8) is 0 Å². The summed E-state index contributed by atoms with van der Waals surface area (Å²) in [5.74, 6) is -0.0125. The van der Waals surface area contributed by atoms with Crippen LogP contribution in [-0.4, -0.2) is 65.1 Å². The van der Waals surface area contributed by atoms with Gasteiger partial charge in [-0.25, -0.2) is 4.39 Å². The van der Waals surface area contributed by atoms with Gasteiger partial charge in [0.25, 0.3) is 0 Å². The average molecular weight is 407 g/mol. The highest BCUT2D eigenvalue weighted by atomic mass is 32.1. The average Bonchev–Trinajstić information content (AvgIpc) is 2.64.